The number of likely N-dealkylation sites (tertiary alicyclic amines) is 1. The highest BCUT2D eigenvalue weighted by Crippen LogP contribution is 2.26. The van der Waals surface area contributed by atoms with Crippen LogP contribution >= 0.6 is 0 Å². The predicted molar refractivity (Wildman–Crippen MR) is 120 cm³/mol. The summed E-state index contributed by atoms with van der Waals surface area (Å²) in [5.41, 5.74) is -2.13. The molecule has 1 rings (SSSR count). The van der Waals surface area contributed by atoms with Gasteiger partial charge in [-0.05, 0) is 25.7 Å². The number of methoxy groups -OCH3 is 1. The fraction of sp³-hybridized carbons (Fsp3) is 0.773. The van der Waals surface area contributed by atoms with Gasteiger partial charge >= 0.3 is 18.1 Å². The van der Waals surface area contributed by atoms with Gasteiger partial charge in [-0.25, -0.2) is 0 Å². The van der Waals surface area contributed by atoms with E-state index in [0.29, 0.717) is 13.1 Å². The van der Waals surface area contributed by atoms with E-state index in [1.807, 2.05) is 0 Å². The molecule has 1 aliphatic heterocycles. The van der Waals surface area contributed by atoms with Crippen molar-refractivity contribution in [1.29, 1.82) is 0 Å². The number of carbonyl (C=O) groups excluding carboxylic acids is 4. The van der Waals surface area contributed by atoms with Crippen molar-refractivity contribution >= 4 is 29.6 Å². The number of likely N-dealkylation sites (N-methyl/N-ethyl adjacent to an activating group) is 2. The summed E-state index contributed by atoms with van der Waals surface area (Å²) in [5.74, 6) is -6.63. The number of halogens is 3. The number of nitrogens with one attached hydrogen (secondary N) is 1. The van der Waals surface area contributed by atoms with Crippen LogP contribution in [-0.4, -0.2) is 114 Å². The van der Waals surface area contributed by atoms with Crippen molar-refractivity contribution in [3.8, 4) is 0 Å². The topological polar surface area (TPSA) is 137 Å². The Bertz CT molecular complexity index is 846. The number of nitrogens with zero attached hydrogens (tertiary/aromatic N) is 3. The Hall–Kier alpha value is -2.90. The zero-order chi connectivity index (χ0) is 28.0. The normalized spacial score (nSPS) is 17.2. The molecule has 0 radical (unpaired) electrons. The first-order chi connectivity index (χ1) is 16.5. The summed E-state index contributed by atoms with van der Waals surface area (Å²) in [6, 6.07) is -2.69. The molecule has 2 N–H and O–H groups in total. The van der Waals surface area contributed by atoms with Crippen molar-refractivity contribution in [3.05, 3.63) is 0 Å². The van der Waals surface area contributed by atoms with Crippen molar-refractivity contribution in [2.45, 2.75) is 63.8 Å². The van der Waals surface area contributed by atoms with Gasteiger partial charge in [0.25, 0.3) is 5.91 Å². The Labute approximate surface area is 207 Å². The SMILES string of the molecule is COCC(C)(C(=O)N(C)[C@H](C(=O)N[C@@H](CC(=O)O)C(=O)N1CCCC1)C(C)C)N(C)C(=O)C(F)(F)F. The van der Waals surface area contributed by atoms with Gasteiger partial charge in [0.15, 0.2) is 0 Å². The Morgan fingerprint density at radius 2 is 1.58 bits per heavy atom. The molecule has 1 aliphatic rings. The van der Waals surface area contributed by atoms with Crippen LogP contribution in [0.4, 0.5) is 13.2 Å². The molecule has 1 fully saturated rings. The maximum atomic E-state index is 13.4. The first-order valence-corrected chi connectivity index (χ1v) is 11.4. The van der Waals surface area contributed by atoms with Crippen LogP contribution in [0.5, 0.6) is 0 Å². The van der Waals surface area contributed by atoms with E-state index in [1.165, 1.54) is 11.9 Å². The second kappa shape index (κ2) is 12.4. The summed E-state index contributed by atoms with van der Waals surface area (Å²) in [4.78, 5) is 65.3. The van der Waals surface area contributed by atoms with E-state index >= 15 is 0 Å². The quantitative estimate of drug-likeness (QED) is 0.401. The van der Waals surface area contributed by atoms with Gasteiger partial charge in [-0.3, -0.25) is 24.0 Å². The molecular formula is C22H35F3N4O7. The van der Waals surface area contributed by atoms with E-state index in [-0.39, 0.29) is 4.90 Å². The number of carboxylic acid groups (broad SMARTS) is 1. The summed E-state index contributed by atoms with van der Waals surface area (Å²) < 4.78 is 44.2. The average molecular weight is 525 g/mol. The van der Waals surface area contributed by atoms with Crippen LogP contribution < -0.4 is 5.32 Å². The van der Waals surface area contributed by atoms with Gasteiger partial charge in [-0.2, -0.15) is 13.2 Å². The lowest BCUT2D eigenvalue weighted by Crippen LogP contribution is -2.65. The van der Waals surface area contributed by atoms with Crippen molar-refractivity contribution in [1.82, 2.24) is 20.0 Å². The van der Waals surface area contributed by atoms with Gasteiger partial charge in [-0.1, -0.05) is 13.8 Å². The summed E-state index contributed by atoms with van der Waals surface area (Å²) in [6.07, 6.45) is -4.45. The molecule has 0 saturated carbocycles. The van der Waals surface area contributed by atoms with Gasteiger partial charge in [-0.15, -0.1) is 0 Å². The second-order valence-electron chi connectivity index (χ2n) is 9.37. The van der Waals surface area contributed by atoms with Gasteiger partial charge in [0.2, 0.25) is 11.8 Å². The second-order valence-corrected chi connectivity index (χ2v) is 9.37. The van der Waals surface area contributed by atoms with Crippen LogP contribution in [0.2, 0.25) is 0 Å². The molecule has 11 nitrogen and oxygen atoms in total. The molecule has 0 aliphatic carbocycles. The molecule has 36 heavy (non-hydrogen) atoms. The molecule has 0 bridgehead atoms. The molecule has 3 atom stereocenters. The number of alkyl halides is 3. The summed E-state index contributed by atoms with van der Waals surface area (Å²) in [5, 5.41) is 11.7. The molecule has 4 amide bonds. The van der Waals surface area contributed by atoms with E-state index in [2.05, 4.69) is 5.32 Å². The van der Waals surface area contributed by atoms with Gasteiger partial charge < -0.3 is 29.9 Å². The maximum Gasteiger partial charge on any atom is 0.471 e. The monoisotopic (exact) mass is 524 g/mol. The number of rotatable bonds is 11. The molecule has 0 aromatic carbocycles. The first-order valence-electron chi connectivity index (χ1n) is 11.4. The van der Waals surface area contributed by atoms with Crippen LogP contribution in [-0.2, 0) is 28.7 Å². The number of ether oxygens (including phenoxy) is 1. The highest BCUT2D eigenvalue weighted by atomic mass is 19.4. The third-order valence-electron chi connectivity index (χ3n) is 6.22. The van der Waals surface area contributed by atoms with Crippen LogP contribution in [0.15, 0.2) is 0 Å². The van der Waals surface area contributed by atoms with Crippen molar-refractivity contribution < 1.29 is 47.0 Å². The lowest BCUT2D eigenvalue weighted by atomic mass is 9.94. The predicted octanol–water partition coefficient (Wildman–Crippen LogP) is 0.477. The van der Waals surface area contributed by atoms with Crippen LogP contribution in [0, 0.1) is 5.92 Å². The zero-order valence-corrected chi connectivity index (χ0v) is 21.3. The summed E-state index contributed by atoms with van der Waals surface area (Å²) in [7, 11) is 3.13. The number of carboxylic acids is 1. The van der Waals surface area contributed by atoms with E-state index in [0.717, 1.165) is 38.8 Å². The van der Waals surface area contributed by atoms with Crippen LogP contribution in [0.3, 0.4) is 0 Å². The number of carbonyl (C=O) groups is 5. The third kappa shape index (κ3) is 7.31. The van der Waals surface area contributed by atoms with E-state index in [9.17, 15) is 42.3 Å². The number of amides is 4. The highest BCUT2D eigenvalue weighted by molar-refractivity contribution is 5.97. The molecule has 0 aromatic rings. The van der Waals surface area contributed by atoms with E-state index in [4.69, 9.17) is 4.74 Å². The highest BCUT2D eigenvalue weighted by Gasteiger charge is 2.52. The van der Waals surface area contributed by atoms with Crippen molar-refractivity contribution in [2.75, 3.05) is 40.9 Å². The zero-order valence-electron chi connectivity index (χ0n) is 21.3. The van der Waals surface area contributed by atoms with Crippen LogP contribution in [0.1, 0.15) is 40.0 Å². The Morgan fingerprint density at radius 1 is 1.06 bits per heavy atom. The minimum atomic E-state index is -5.25. The van der Waals surface area contributed by atoms with Crippen molar-refractivity contribution in [2.24, 2.45) is 5.92 Å². The fourth-order valence-electron chi connectivity index (χ4n) is 4.22. The standard InChI is InChI=1S/C22H35F3N4O7/c1-13(2)16(17(32)26-14(11-15(30)31)18(33)29-9-7-8-10-29)27(4)19(34)21(3,12-36-6)28(5)20(35)22(23,24)25/h13-14,16H,7-12H2,1-6H3,(H,26,32)(H,30,31)/t14-,16-,21?/m0/s1. The summed E-state index contributed by atoms with van der Waals surface area (Å²) in [6.45, 7) is 4.47. The average Bonchev–Trinajstić information content (AvgIpc) is 3.30. The fourth-order valence-corrected chi connectivity index (χ4v) is 4.22. The molecule has 1 unspecified atom stereocenters. The lowest BCUT2D eigenvalue weighted by molar-refractivity contribution is -0.193. The minimum Gasteiger partial charge on any atom is -0.481 e. The Morgan fingerprint density at radius 3 is 2.00 bits per heavy atom. The molecule has 206 valence electrons. The molecule has 0 spiro atoms. The number of hydrogen-bond donors (Lipinski definition) is 2. The van der Waals surface area contributed by atoms with Gasteiger partial charge in [0.1, 0.15) is 17.6 Å². The smallest absolute Gasteiger partial charge is 0.471 e. The number of aliphatic carboxylic acids is 1. The molecule has 1 saturated heterocycles. The first kappa shape index (κ1) is 31.1. The molecule has 14 heteroatoms. The maximum absolute atomic E-state index is 13.4. The van der Waals surface area contributed by atoms with Crippen molar-refractivity contribution in [3.63, 3.8) is 0 Å². The number of hydrogen-bond acceptors (Lipinski definition) is 6. The lowest BCUT2D eigenvalue weighted by Gasteiger charge is -2.42. The molecule has 1 heterocycles. The van der Waals surface area contributed by atoms with Gasteiger partial charge in [0, 0.05) is 34.3 Å². The minimum absolute atomic E-state index is 0.217. The van der Waals surface area contributed by atoms with Gasteiger partial charge in [0.05, 0.1) is 13.0 Å². The van der Waals surface area contributed by atoms with E-state index in [1.54, 1.807) is 13.8 Å². The Balaban J connectivity index is 3.26. The molecule has 0 aromatic heterocycles. The largest absolute Gasteiger partial charge is 0.481 e. The summed E-state index contributed by atoms with van der Waals surface area (Å²) >= 11 is 0. The Kier molecular flexibility index (Phi) is 10.7. The molecular weight excluding hydrogens is 489 g/mol. The third-order valence-corrected chi connectivity index (χ3v) is 6.22. The van der Waals surface area contributed by atoms with E-state index < -0.39 is 72.3 Å². The van der Waals surface area contributed by atoms with Crippen LogP contribution in [0.25, 0.3) is 0 Å².